The fraction of sp³-hybridized carbons (Fsp3) is 0.167. The second-order valence-electron chi connectivity index (χ2n) is 3.35. The molecule has 0 spiro atoms. The van der Waals surface area contributed by atoms with Crippen molar-refractivity contribution in [3.05, 3.63) is 46.6 Å². The van der Waals surface area contributed by atoms with E-state index >= 15 is 0 Å². The van der Waals surface area contributed by atoms with Crippen LogP contribution in [0.5, 0.6) is 0 Å². The highest BCUT2D eigenvalue weighted by atomic mass is 79.9. The number of benzene rings is 1. The lowest BCUT2D eigenvalue weighted by molar-refractivity contribution is 0.626. The monoisotopic (exact) mass is 312 g/mol. The third-order valence-electron chi connectivity index (χ3n) is 2.07. The third kappa shape index (κ3) is 3.51. The van der Waals surface area contributed by atoms with Crippen molar-refractivity contribution in [2.24, 2.45) is 0 Å². The lowest BCUT2D eigenvalue weighted by Crippen LogP contribution is -1.94. The van der Waals surface area contributed by atoms with Crippen LogP contribution in [-0.2, 0) is 6.42 Å². The van der Waals surface area contributed by atoms with E-state index in [-0.39, 0.29) is 5.82 Å². The number of halogens is 2. The number of hydrogen-bond acceptors (Lipinski definition) is 3. The van der Waals surface area contributed by atoms with Crippen LogP contribution in [0.2, 0.25) is 0 Å². The lowest BCUT2D eigenvalue weighted by atomic mass is 10.4. The van der Waals surface area contributed by atoms with E-state index in [0.29, 0.717) is 0 Å². The first-order chi connectivity index (χ1) is 8.17. The second-order valence-corrected chi connectivity index (χ2v) is 5.26. The molecule has 0 saturated heterocycles. The summed E-state index contributed by atoms with van der Waals surface area (Å²) in [6.45, 7) is 2.01. The van der Waals surface area contributed by atoms with Crippen molar-refractivity contribution in [2.75, 3.05) is 0 Å². The molecule has 0 aliphatic heterocycles. The largest absolute Gasteiger partial charge is 0.226 e. The number of rotatable bonds is 3. The Labute approximate surface area is 112 Å². The molecule has 0 saturated carbocycles. The quantitative estimate of drug-likeness (QED) is 0.798. The Bertz CT molecular complexity index is 516. The zero-order chi connectivity index (χ0) is 12.3. The highest BCUT2D eigenvalue weighted by Gasteiger charge is 2.04. The van der Waals surface area contributed by atoms with Gasteiger partial charge in [0.1, 0.15) is 21.3 Å². The standard InChI is InChI=1S/C12H10BrFN2S/c1-2-11-15-10(13)7-12(16-11)17-9-5-3-8(14)4-6-9/h3-7H,2H2,1H3. The van der Waals surface area contributed by atoms with Crippen LogP contribution in [0.25, 0.3) is 0 Å². The predicted octanol–water partition coefficient (Wildman–Crippen LogP) is 4.09. The molecule has 0 unspecified atom stereocenters. The van der Waals surface area contributed by atoms with Gasteiger partial charge in [0.25, 0.3) is 0 Å². The maximum Gasteiger partial charge on any atom is 0.130 e. The molecule has 1 aromatic carbocycles. The van der Waals surface area contributed by atoms with Crippen LogP contribution in [0.3, 0.4) is 0 Å². The minimum absolute atomic E-state index is 0.229. The first-order valence-corrected chi connectivity index (χ1v) is 6.75. The molecule has 0 radical (unpaired) electrons. The summed E-state index contributed by atoms with van der Waals surface area (Å²) in [5, 5.41) is 0.857. The van der Waals surface area contributed by atoms with Gasteiger partial charge in [-0.05, 0) is 40.2 Å². The van der Waals surface area contributed by atoms with Crippen LogP contribution in [0.15, 0.2) is 44.9 Å². The summed E-state index contributed by atoms with van der Waals surface area (Å²) in [4.78, 5) is 9.60. The summed E-state index contributed by atoms with van der Waals surface area (Å²) in [6, 6.07) is 8.22. The molecule has 0 aliphatic rings. The molecular weight excluding hydrogens is 303 g/mol. The minimum Gasteiger partial charge on any atom is -0.226 e. The van der Waals surface area contributed by atoms with Crippen molar-refractivity contribution in [2.45, 2.75) is 23.3 Å². The van der Waals surface area contributed by atoms with Crippen molar-refractivity contribution in [3.8, 4) is 0 Å². The number of nitrogens with zero attached hydrogens (tertiary/aromatic N) is 2. The van der Waals surface area contributed by atoms with Gasteiger partial charge in [-0.3, -0.25) is 0 Å². The second kappa shape index (κ2) is 5.60. The van der Waals surface area contributed by atoms with Gasteiger partial charge in [-0.1, -0.05) is 18.7 Å². The van der Waals surface area contributed by atoms with E-state index in [4.69, 9.17) is 0 Å². The van der Waals surface area contributed by atoms with E-state index in [9.17, 15) is 4.39 Å². The molecule has 2 aromatic rings. The average Bonchev–Trinajstić information content (AvgIpc) is 2.31. The fourth-order valence-electron chi connectivity index (χ4n) is 1.28. The van der Waals surface area contributed by atoms with Crippen LogP contribution >= 0.6 is 27.7 Å². The minimum atomic E-state index is -0.229. The summed E-state index contributed by atoms with van der Waals surface area (Å²) in [7, 11) is 0. The van der Waals surface area contributed by atoms with E-state index < -0.39 is 0 Å². The van der Waals surface area contributed by atoms with E-state index in [1.54, 1.807) is 12.1 Å². The van der Waals surface area contributed by atoms with Crippen LogP contribution in [-0.4, -0.2) is 9.97 Å². The molecule has 0 atom stereocenters. The van der Waals surface area contributed by atoms with Gasteiger partial charge >= 0.3 is 0 Å². The van der Waals surface area contributed by atoms with E-state index in [1.807, 2.05) is 13.0 Å². The number of hydrogen-bond donors (Lipinski definition) is 0. The average molecular weight is 313 g/mol. The van der Waals surface area contributed by atoms with Crippen LogP contribution in [0, 0.1) is 5.82 Å². The van der Waals surface area contributed by atoms with Gasteiger partial charge in [-0.15, -0.1) is 0 Å². The number of aryl methyl sites for hydroxylation is 1. The Morgan fingerprint density at radius 3 is 2.59 bits per heavy atom. The van der Waals surface area contributed by atoms with Crippen LogP contribution in [0.4, 0.5) is 4.39 Å². The zero-order valence-electron chi connectivity index (χ0n) is 9.15. The Hall–Kier alpha value is -0.940. The number of aromatic nitrogens is 2. The lowest BCUT2D eigenvalue weighted by Gasteiger charge is -2.03. The molecule has 0 bridgehead atoms. The highest BCUT2D eigenvalue weighted by molar-refractivity contribution is 9.10. The molecule has 2 rings (SSSR count). The van der Waals surface area contributed by atoms with Crippen LogP contribution < -0.4 is 0 Å². The van der Waals surface area contributed by atoms with Gasteiger partial charge in [-0.2, -0.15) is 0 Å². The first kappa shape index (κ1) is 12.5. The molecule has 1 heterocycles. The molecule has 1 aromatic heterocycles. The van der Waals surface area contributed by atoms with Gasteiger partial charge in [-0.25, -0.2) is 14.4 Å². The molecule has 88 valence electrons. The summed E-state index contributed by atoms with van der Waals surface area (Å²) in [6.07, 6.45) is 0.788. The predicted molar refractivity (Wildman–Crippen MR) is 69.6 cm³/mol. The fourth-order valence-corrected chi connectivity index (χ4v) is 2.68. The summed E-state index contributed by atoms with van der Waals surface area (Å²) >= 11 is 4.85. The van der Waals surface area contributed by atoms with Crippen molar-refractivity contribution in [1.82, 2.24) is 9.97 Å². The highest BCUT2D eigenvalue weighted by Crippen LogP contribution is 2.27. The molecule has 17 heavy (non-hydrogen) atoms. The van der Waals surface area contributed by atoms with Crippen molar-refractivity contribution < 1.29 is 4.39 Å². The Balaban J connectivity index is 2.23. The van der Waals surface area contributed by atoms with Crippen molar-refractivity contribution in [1.29, 1.82) is 0 Å². The van der Waals surface area contributed by atoms with Gasteiger partial charge < -0.3 is 0 Å². The molecular formula is C12H10BrFN2S. The van der Waals surface area contributed by atoms with Gasteiger partial charge in [0.15, 0.2) is 0 Å². The van der Waals surface area contributed by atoms with Crippen molar-refractivity contribution in [3.63, 3.8) is 0 Å². The molecule has 0 fully saturated rings. The molecule has 2 nitrogen and oxygen atoms in total. The normalized spacial score (nSPS) is 10.5. The molecule has 0 N–H and O–H groups in total. The molecule has 0 aliphatic carbocycles. The van der Waals surface area contributed by atoms with E-state index in [2.05, 4.69) is 25.9 Å². The van der Waals surface area contributed by atoms with Crippen molar-refractivity contribution >= 4 is 27.7 Å². The summed E-state index contributed by atoms with van der Waals surface area (Å²) < 4.78 is 13.5. The molecule has 5 heteroatoms. The van der Waals surface area contributed by atoms with E-state index in [0.717, 1.165) is 26.8 Å². The maximum absolute atomic E-state index is 12.8. The molecule has 0 amide bonds. The Morgan fingerprint density at radius 1 is 1.24 bits per heavy atom. The Morgan fingerprint density at radius 2 is 1.94 bits per heavy atom. The Kier molecular flexibility index (Phi) is 4.12. The zero-order valence-corrected chi connectivity index (χ0v) is 11.6. The maximum atomic E-state index is 12.8. The third-order valence-corrected chi connectivity index (χ3v) is 3.40. The SMILES string of the molecule is CCc1nc(Br)cc(Sc2ccc(F)cc2)n1. The van der Waals surface area contributed by atoms with Gasteiger partial charge in [0, 0.05) is 17.4 Å². The van der Waals surface area contributed by atoms with Crippen LogP contribution in [0.1, 0.15) is 12.7 Å². The van der Waals surface area contributed by atoms with E-state index in [1.165, 1.54) is 23.9 Å². The summed E-state index contributed by atoms with van der Waals surface area (Å²) in [5.41, 5.74) is 0. The first-order valence-electron chi connectivity index (χ1n) is 5.14. The van der Waals surface area contributed by atoms with Gasteiger partial charge in [0.2, 0.25) is 0 Å². The summed E-state index contributed by atoms with van der Waals surface area (Å²) in [5.74, 6) is 0.566. The topological polar surface area (TPSA) is 25.8 Å². The van der Waals surface area contributed by atoms with Gasteiger partial charge in [0.05, 0.1) is 0 Å². The smallest absolute Gasteiger partial charge is 0.130 e.